The van der Waals surface area contributed by atoms with Crippen molar-refractivity contribution in [1.82, 2.24) is 0 Å². The Labute approximate surface area is 111 Å². The monoisotopic (exact) mass is 255 g/mol. The maximum Gasteiger partial charge on any atom is 0.176 e. The lowest BCUT2D eigenvalue weighted by Gasteiger charge is -2.23. The molecule has 0 saturated heterocycles. The molecule has 0 fully saturated rings. The molecule has 0 saturated carbocycles. The van der Waals surface area contributed by atoms with E-state index >= 15 is 0 Å². The van der Waals surface area contributed by atoms with Crippen LogP contribution in [0.2, 0.25) is 0 Å². The van der Waals surface area contributed by atoms with Crippen LogP contribution < -0.4 is 10.6 Å². The number of nitrogens with zero attached hydrogens (tertiary/aromatic N) is 1. The van der Waals surface area contributed by atoms with Crippen LogP contribution in [0.25, 0.3) is 0 Å². The van der Waals surface area contributed by atoms with Gasteiger partial charge in [0.15, 0.2) is 5.11 Å². The number of anilines is 1. The average molecular weight is 255 g/mol. The lowest BCUT2D eigenvalue weighted by molar-refractivity contribution is 1.33. The van der Waals surface area contributed by atoms with Gasteiger partial charge in [-0.05, 0) is 24.4 Å². The molecule has 0 unspecified atom stereocenters. The Morgan fingerprint density at radius 3 is 1.94 bits per heavy atom. The summed E-state index contributed by atoms with van der Waals surface area (Å²) in [7, 11) is 0. The molecule has 2 aromatic rings. The van der Waals surface area contributed by atoms with Gasteiger partial charge >= 0.3 is 0 Å². The second kappa shape index (κ2) is 5.42. The van der Waals surface area contributed by atoms with Crippen molar-refractivity contribution in [2.45, 2.75) is 0 Å². The first-order chi connectivity index (χ1) is 8.70. The quantitative estimate of drug-likeness (QED) is 0.493. The minimum atomic E-state index is 0.162. The van der Waals surface area contributed by atoms with Crippen LogP contribution in [0, 0.1) is 5.41 Å². The number of hydrogen-bond acceptors (Lipinski definition) is 2. The molecule has 4 heteroatoms. The number of nitrogens with two attached hydrogens (primary N) is 1. The van der Waals surface area contributed by atoms with Crippen molar-refractivity contribution in [3.63, 3.8) is 0 Å². The minimum Gasteiger partial charge on any atom is -0.376 e. The molecule has 0 radical (unpaired) electrons. The third kappa shape index (κ3) is 2.55. The number of benzene rings is 2. The summed E-state index contributed by atoms with van der Waals surface area (Å²) in [4.78, 5) is 1.55. The van der Waals surface area contributed by atoms with Gasteiger partial charge in [0.05, 0.1) is 0 Å². The van der Waals surface area contributed by atoms with Crippen LogP contribution >= 0.6 is 12.2 Å². The van der Waals surface area contributed by atoms with E-state index in [1.807, 2.05) is 60.7 Å². The molecule has 0 amide bonds. The predicted octanol–water partition coefficient (Wildman–Crippen LogP) is 2.76. The topological polar surface area (TPSA) is 53.1 Å². The lowest BCUT2D eigenvalue weighted by Crippen LogP contribution is -2.40. The number of rotatable bonds is 2. The Balaban J connectivity index is 2.39. The van der Waals surface area contributed by atoms with E-state index in [0.29, 0.717) is 0 Å². The molecular weight excluding hydrogens is 242 g/mol. The van der Waals surface area contributed by atoms with Crippen molar-refractivity contribution in [3.05, 3.63) is 66.2 Å². The highest BCUT2D eigenvalue weighted by atomic mass is 32.1. The Hall–Kier alpha value is -2.20. The van der Waals surface area contributed by atoms with Gasteiger partial charge in [0, 0.05) is 11.3 Å². The first kappa shape index (κ1) is 12.3. The molecule has 0 heterocycles. The van der Waals surface area contributed by atoms with E-state index < -0.39 is 0 Å². The van der Waals surface area contributed by atoms with Crippen molar-refractivity contribution in [3.8, 4) is 0 Å². The summed E-state index contributed by atoms with van der Waals surface area (Å²) in [5.74, 6) is 0.273. The highest BCUT2D eigenvalue weighted by Gasteiger charge is 2.15. The molecule has 0 aliphatic rings. The van der Waals surface area contributed by atoms with Gasteiger partial charge in [-0.2, -0.15) is 0 Å². The highest BCUT2D eigenvalue weighted by Crippen LogP contribution is 2.16. The molecule has 2 aromatic carbocycles. The van der Waals surface area contributed by atoms with Crippen LogP contribution in [0.5, 0.6) is 0 Å². The fourth-order valence-electron chi connectivity index (χ4n) is 1.67. The van der Waals surface area contributed by atoms with Crippen LogP contribution in [-0.2, 0) is 0 Å². The SMILES string of the molecule is N=C(c1ccccc1)N(C(N)=S)c1ccccc1. The number of nitrogens with one attached hydrogen (secondary N) is 1. The maximum absolute atomic E-state index is 8.21. The largest absolute Gasteiger partial charge is 0.376 e. The molecule has 18 heavy (non-hydrogen) atoms. The summed E-state index contributed by atoms with van der Waals surface area (Å²) >= 11 is 5.04. The summed E-state index contributed by atoms with van der Waals surface area (Å²) < 4.78 is 0. The summed E-state index contributed by atoms with van der Waals surface area (Å²) in [5.41, 5.74) is 7.29. The molecule has 0 atom stereocenters. The fourth-order valence-corrected chi connectivity index (χ4v) is 1.87. The number of hydrogen-bond donors (Lipinski definition) is 2. The smallest absolute Gasteiger partial charge is 0.176 e. The van der Waals surface area contributed by atoms with Gasteiger partial charge in [-0.3, -0.25) is 10.3 Å². The number of thiocarbonyl (C=S) groups is 1. The van der Waals surface area contributed by atoms with Crippen LogP contribution in [0.1, 0.15) is 5.56 Å². The molecule has 90 valence electrons. The molecule has 0 bridgehead atoms. The first-order valence-corrected chi connectivity index (χ1v) is 5.89. The van der Waals surface area contributed by atoms with E-state index in [1.54, 1.807) is 4.90 Å². The third-order valence-corrected chi connectivity index (χ3v) is 2.69. The van der Waals surface area contributed by atoms with Crippen LogP contribution in [0.4, 0.5) is 5.69 Å². The third-order valence-electron chi connectivity index (χ3n) is 2.51. The average Bonchev–Trinajstić information content (AvgIpc) is 2.40. The molecule has 2 rings (SSSR count). The standard InChI is InChI=1S/C14H13N3S/c15-13(11-7-3-1-4-8-11)17(14(16)18)12-9-5-2-6-10-12/h1-10,15H,(H2,16,18). The van der Waals surface area contributed by atoms with E-state index in [-0.39, 0.29) is 10.9 Å². The number of para-hydroxylation sites is 1. The Kier molecular flexibility index (Phi) is 3.69. The van der Waals surface area contributed by atoms with Crippen molar-refractivity contribution >= 4 is 28.9 Å². The Bertz CT molecular complexity index is 552. The predicted molar refractivity (Wildman–Crippen MR) is 79.0 cm³/mol. The number of amidine groups is 1. The zero-order chi connectivity index (χ0) is 13.0. The van der Waals surface area contributed by atoms with Crippen LogP contribution in [-0.4, -0.2) is 10.9 Å². The fraction of sp³-hybridized carbons (Fsp3) is 0. The van der Waals surface area contributed by atoms with Gasteiger partial charge in [-0.1, -0.05) is 48.5 Å². The summed E-state index contributed by atoms with van der Waals surface area (Å²) in [6.07, 6.45) is 0. The molecule has 0 spiro atoms. The van der Waals surface area contributed by atoms with Gasteiger partial charge in [0.1, 0.15) is 5.84 Å². The van der Waals surface area contributed by atoms with E-state index in [1.165, 1.54) is 0 Å². The summed E-state index contributed by atoms with van der Waals surface area (Å²) in [6.45, 7) is 0. The van der Waals surface area contributed by atoms with Gasteiger partial charge in [-0.25, -0.2) is 0 Å². The van der Waals surface area contributed by atoms with Crippen LogP contribution in [0.15, 0.2) is 60.7 Å². The lowest BCUT2D eigenvalue weighted by atomic mass is 10.2. The van der Waals surface area contributed by atoms with E-state index in [2.05, 4.69) is 0 Å². The minimum absolute atomic E-state index is 0.162. The first-order valence-electron chi connectivity index (χ1n) is 5.48. The summed E-state index contributed by atoms with van der Waals surface area (Å²) in [6, 6.07) is 18.8. The van der Waals surface area contributed by atoms with Gasteiger partial charge in [0.2, 0.25) is 0 Å². The molecular formula is C14H13N3S. The molecule has 3 N–H and O–H groups in total. The van der Waals surface area contributed by atoms with Crippen molar-refractivity contribution in [1.29, 1.82) is 5.41 Å². The van der Waals surface area contributed by atoms with E-state index in [9.17, 15) is 0 Å². The molecule has 0 aliphatic carbocycles. The maximum atomic E-state index is 8.21. The zero-order valence-electron chi connectivity index (χ0n) is 9.71. The van der Waals surface area contributed by atoms with Crippen molar-refractivity contribution in [2.24, 2.45) is 5.73 Å². The highest BCUT2D eigenvalue weighted by molar-refractivity contribution is 7.80. The molecule has 3 nitrogen and oxygen atoms in total. The second-order valence-corrected chi connectivity index (χ2v) is 4.14. The van der Waals surface area contributed by atoms with Gasteiger partial charge < -0.3 is 5.73 Å². The second-order valence-electron chi connectivity index (χ2n) is 3.72. The van der Waals surface area contributed by atoms with Crippen molar-refractivity contribution in [2.75, 3.05) is 4.90 Å². The van der Waals surface area contributed by atoms with Gasteiger partial charge in [0.25, 0.3) is 0 Å². The Morgan fingerprint density at radius 2 is 1.44 bits per heavy atom. The zero-order valence-corrected chi connectivity index (χ0v) is 10.5. The van der Waals surface area contributed by atoms with Crippen molar-refractivity contribution < 1.29 is 0 Å². The van der Waals surface area contributed by atoms with Gasteiger partial charge in [-0.15, -0.1) is 0 Å². The van der Waals surface area contributed by atoms with E-state index in [0.717, 1.165) is 11.3 Å². The molecule has 0 aromatic heterocycles. The molecule has 0 aliphatic heterocycles. The normalized spacial score (nSPS) is 9.78. The van der Waals surface area contributed by atoms with Crippen LogP contribution in [0.3, 0.4) is 0 Å². The Morgan fingerprint density at radius 1 is 0.944 bits per heavy atom. The summed E-state index contributed by atoms with van der Waals surface area (Å²) in [5, 5.41) is 8.38. The van der Waals surface area contributed by atoms with E-state index in [4.69, 9.17) is 23.4 Å².